The van der Waals surface area contributed by atoms with Crippen molar-refractivity contribution in [2.45, 2.75) is 71.2 Å². The summed E-state index contributed by atoms with van der Waals surface area (Å²) in [5, 5.41) is 17.6. The van der Waals surface area contributed by atoms with Gasteiger partial charge in [0, 0.05) is 62.5 Å². The number of carbonyl (C=O) groups excluding carboxylic acids is 2. The average Bonchev–Trinajstić information content (AvgIpc) is 3.45. The topological polar surface area (TPSA) is 84.9 Å². The zero-order valence-electron chi connectivity index (χ0n) is 26.6. The minimum absolute atomic E-state index is 0.0203. The molecule has 0 aromatic heterocycles. The number of nitrogens with zero attached hydrogens (tertiary/aromatic N) is 2. The summed E-state index contributed by atoms with van der Waals surface area (Å²) in [5.41, 5.74) is 3.03. The SMILES string of the molecule is CCCN(CCC)C(=O)c1cc(C)cc(C(=O)N[C@@H](Cc2cc(F)cc(F)c2)[C@H](O)CNC2CCN(Cc3ccccc3)C2)c1. The summed E-state index contributed by atoms with van der Waals surface area (Å²) in [6, 6.07) is 17.8. The molecule has 7 nitrogen and oxygen atoms in total. The summed E-state index contributed by atoms with van der Waals surface area (Å²) in [7, 11) is 0. The van der Waals surface area contributed by atoms with E-state index in [0.29, 0.717) is 24.2 Å². The number of halogens is 2. The third kappa shape index (κ3) is 10.2. The molecule has 0 bridgehead atoms. The van der Waals surface area contributed by atoms with E-state index in [-0.39, 0.29) is 30.5 Å². The molecule has 45 heavy (non-hydrogen) atoms. The van der Waals surface area contributed by atoms with Crippen molar-refractivity contribution in [1.82, 2.24) is 20.4 Å². The van der Waals surface area contributed by atoms with E-state index in [1.807, 2.05) is 39.0 Å². The molecule has 4 rings (SSSR count). The molecule has 2 amide bonds. The number of aliphatic hydroxyl groups excluding tert-OH is 1. The van der Waals surface area contributed by atoms with Gasteiger partial charge in [0.1, 0.15) is 11.6 Å². The van der Waals surface area contributed by atoms with Crippen molar-refractivity contribution < 1.29 is 23.5 Å². The first-order valence-electron chi connectivity index (χ1n) is 16.0. The highest BCUT2D eigenvalue weighted by Gasteiger charge is 2.27. The first kappa shape index (κ1) is 34.2. The Morgan fingerprint density at radius 2 is 1.62 bits per heavy atom. The van der Waals surface area contributed by atoms with Crippen LogP contribution < -0.4 is 10.6 Å². The second-order valence-corrected chi connectivity index (χ2v) is 12.1. The van der Waals surface area contributed by atoms with Crippen molar-refractivity contribution in [2.75, 3.05) is 32.7 Å². The van der Waals surface area contributed by atoms with E-state index >= 15 is 0 Å². The van der Waals surface area contributed by atoms with Gasteiger partial charge in [-0.1, -0.05) is 44.2 Å². The van der Waals surface area contributed by atoms with Gasteiger partial charge in [0.25, 0.3) is 11.8 Å². The van der Waals surface area contributed by atoms with Gasteiger partial charge in [0.15, 0.2) is 0 Å². The molecule has 1 aliphatic heterocycles. The van der Waals surface area contributed by atoms with E-state index in [0.717, 1.165) is 50.5 Å². The van der Waals surface area contributed by atoms with E-state index in [1.165, 1.54) is 17.7 Å². The zero-order valence-corrected chi connectivity index (χ0v) is 26.6. The zero-order chi connectivity index (χ0) is 32.3. The number of carbonyl (C=O) groups is 2. The van der Waals surface area contributed by atoms with E-state index in [9.17, 15) is 23.5 Å². The van der Waals surface area contributed by atoms with E-state index in [1.54, 1.807) is 23.1 Å². The van der Waals surface area contributed by atoms with Crippen LogP contribution in [0.25, 0.3) is 0 Å². The summed E-state index contributed by atoms with van der Waals surface area (Å²) in [4.78, 5) is 31.0. The number of nitrogens with one attached hydrogen (secondary N) is 2. The molecule has 0 spiro atoms. The number of hydrogen-bond acceptors (Lipinski definition) is 5. The Bertz CT molecular complexity index is 1390. The van der Waals surface area contributed by atoms with Crippen molar-refractivity contribution >= 4 is 11.8 Å². The van der Waals surface area contributed by atoms with Crippen LogP contribution in [-0.4, -0.2) is 77.6 Å². The molecule has 3 N–H and O–H groups in total. The van der Waals surface area contributed by atoms with Crippen molar-refractivity contribution in [3.8, 4) is 0 Å². The van der Waals surface area contributed by atoms with Gasteiger partial charge < -0.3 is 20.6 Å². The number of rotatable bonds is 15. The number of amides is 2. The quantitative estimate of drug-likeness (QED) is 0.220. The molecule has 3 aromatic rings. The molecule has 0 radical (unpaired) electrons. The molecule has 1 fully saturated rings. The maximum Gasteiger partial charge on any atom is 0.253 e. The summed E-state index contributed by atoms with van der Waals surface area (Å²) in [5.74, 6) is -2.05. The summed E-state index contributed by atoms with van der Waals surface area (Å²) in [6.45, 7) is 9.89. The second kappa shape index (κ2) is 16.6. The minimum Gasteiger partial charge on any atom is -0.390 e. The molecule has 1 saturated heterocycles. The van der Waals surface area contributed by atoms with E-state index in [2.05, 4.69) is 27.7 Å². The summed E-state index contributed by atoms with van der Waals surface area (Å²) < 4.78 is 28.1. The van der Waals surface area contributed by atoms with Crippen LogP contribution in [0.1, 0.15) is 70.5 Å². The van der Waals surface area contributed by atoms with Crippen LogP contribution in [0.2, 0.25) is 0 Å². The lowest BCUT2D eigenvalue weighted by Crippen LogP contribution is -2.50. The molecule has 242 valence electrons. The highest BCUT2D eigenvalue weighted by atomic mass is 19.1. The third-order valence-electron chi connectivity index (χ3n) is 8.16. The minimum atomic E-state index is -1.04. The highest BCUT2D eigenvalue weighted by molar-refractivity contribution is 6.00. The Morgan fingerprint density at radius 1 is 0.956 bits per heavy atom. The van der Waals surface area contributed by atoms with Crippen LogP contribution in [0, 0.1) is 18.6 Å². The molecule has 1 aliphatic rings. The maximum absolute atomic E-state index is 14.0. The monoisotopic (exact) mass is 620 g/mol. The highest BCUT2D eigenvalue weighted by Crippen LogP contribution is 2.17. The lowest BCUT2D eigenvalue weighted by atomic mass is 9.99. The summed E-state index contributed by atoms with van der Waals surface area (Å²) >= 11 is 0. The Balaban J connectivity index is 1.46. The number of likely N-dealkylation sites (tertiary alicyclic amines) is 1. The van der Waals surface area contributed by atoms with Crippen molar-refractivity contribution in [3.63, 3.8) is 0 Å². The van der Waals surface area contributed by atoms with Crippen molar-refractivity contribution in [3.05, 3.63) is 106 Å². The van der Waals surface area contributed by atoms with Gasteiger partial charge in [0.05, 0.1) is 12.1 Å². The van der Waals surface area contributed by atoms with Crippen LogP contribution in [0.5, 0.6) is 0 Å². The normalized spacial score (nSPS) is 16.4. The fourth-order valence-corrected chi connectivity index (χ4v) is 6.01. The Morgan fingerprint density at radius 3 is 2.29 bits per heavy atom. The second-order valence-electron chi connectivity index (χ2n) is 12.1. The molecule has 3 atom stereocenters. The largest absolute Gasteiger partial charge is 0.390 e. The molecular weight excluding hydrogens is 574 g/mol. The first-order valence-corrected chi connectivity index (χ1v) is 16.0. The van der Waals surface area contributed by atoms with Crippen LogP contribution in [0.3, 0.4) is 0 Å². The lowest BCUT2D eigenvalue weighted by molar-refractivity contribution is 0.0755. The fourth-order valence-electron chi connectivity index (χ4n) is 6.01. The third-order valence-corrected chi connectivity index (χ3v) is 8.16. The maximum atomic E-state index is 14.0. The molecule has 0 saturated carbocycles. The van der Waals surface area contributed by atoms with Crippen molar-refractivity contribution in [2.24, 2.45) is 0 Å². The van der Waals surface area contributed by atoms with Gasteiger partial charge in [0.2, 0.25) is 0 Å². The molecule has 3 aromatic carbocycles. The van der Waals surface area contributed by atoms with Crippen LogP contribution >= 0.6 is 0 Å². The molecular formula is C36H46F2N4O3. The van der Waals surface area contributed by atoms with Crippen molar-refractivity contribution in [1.29, 1.82) is 0 Å². The van der Waals surface area contributed by atoms with Gasteiger partial charge in [-0.15, -0.1) is 0 Å². The number of benzene rings is 3. The molecule has 0 aliphatic carbocycles. The number of aliphatic hydroxyl groups is 1. The first-order chi connectivity index (χ1) is 21.6. The van der Waals surface area contributed by atoms with Gasteiger partial charge in [-0.05, 0) is 79.6 Å². The number of aryl methyl sites for hydroxylation is 1. The fraction of sp³-hybridized carbons (Fsp3) is 0.444. The molecule has 1 heterocycles. The van der Waals surface area contributed by atoms with Gasteiger partial charge in [-0.3, -0.25) is 14.5 Å². The average molecular weight is 621 g/mol. The molecule has 9 heteroatoms. The predicted molar refractivity (Wildman–Crippen MR) is 173 cm³/mol. The van der Waals surface area contributed by atoms with Gasteiger partial charge >= 0.3 is 0 Å². The number of hydrogen-bond donors (Lipinski definition) is 3. The summed E-state index contributed by atoms with van der Waals surface area (Å²) in [6.07, 6.45) is 1.54. The lowest BCUT2D eigenvalue weighted by Gasteiger charge is -2.26. The Hall–Kier alpha value is -3.66. The Kier molecular flexibility index (Phi) is 12.6. The molecule has 1 unspecified atom stereocenters. The smallest absolute Gasteiger partial charge is 0.253 e. The van der Waals surface area contributed by atoms with Gasteiger partial charge in [-0.25, -0.2) is 8.78 Å². The predicted octanol–water partition coefficient (Wildman–Crippen LogP) is 5.10. The van der Waals surface area contributed by atoms with E-state index < -0.39 is 29.7 Å². The standard InChI is InChI=1S/C36H46F2N4O3/c1-4-12-42(13-5-2)36(45)29-16-25(3)15-28(20-29)35(44)40-33(19-27-17-30(37)21-31(38)18-27)34(43)22-39-32-11-14-41(24-32)23-26-9-7-6-8-10-26/h6-10,15-18,20-21,32-34,39,43H,4-5,11-14,19,22-24H2,1-3H3,(H,40,44)/t32?,33-,34+/m0/s1. The van der Waals surface area contributed by atoms with E-state index in [4.69, 9.17) is 0 Å². The van der Waals surface area contributed by atoms with Gasteiger partial charge in [-0.2, -0.15) is 0 Å². The van der Waals surface area contributed by atoms with Crippen LogP contribution in [0.15, 0.2) is 66.7 Å². The van der Waals surface area contributed by atoms with Crippen LogP contribution in [0.4, 0.5) is 8.78 Å². The Labute approximate surface area is 265 Å². The van der Waals surface area contributed by atoms with Crippen LogP contribution in [-0.2, 0) is 13.0 Å².